The summed E-state index contributed by atoms with van der Waals surface area (Å²) >= 11 is 0. The van der Waals surface area contributed by atoms with Gasteiger partial charge < -0.3 is 0 Å². The van der Waals surface area contributed by atoms with E-state index in [9.17, 15) is 0 Å². The maximum Gasteiger partial charge on any atom is 0.0932 e. The maximum absolute atomic E-state index is 4.03. The van der Waals surface area contributed by atoms with Gasteiger partial charge in [0, 0.05) is 5.39 Å². The fraction of sp³-hybridized carbons (Fsp3) is 0.429. The lowest BCUT2D eigenvalue weighted by Gasteiger charge is -2.00. The van der Waals surface area contributed by atoms with Gasteiger partial charge in [-0.2, -0.15) is 10.2 Å². The molecule has 0 saturated heterocycles. The zero-order valence-corrected chi connectivity index (χ0v) is 11.2. The average molecular weight is 218 g/mol. The number of aromatic nitrogens is 2. The van der Waals surface area contributed by atoms with Gasteiger partial charge in [-0.25, -0.2) is 0 Å². The summed E-state index contributed by atoms with van der Waals surface area (Å²) in [7, 11) is 0. The maximum atomic E-state index is 4.03. The lowest BCUT2D eigenvalue weighted by Crippen LogP contribution is -1.86. The molecule has 2 rings (SSSR count). The lowest BCUT2D eigenvalue weighted by molar-refractivity contribution is 1.07. The fourth-order valence-electron chi connectivity index (χ4n) is 1.25. The molecule has 2 nitrogen and oxygen atoms in total. The third-order valence-corrected chi connectivity index (χ3v) is 2.13. The van der Waals surface area contributed by atoms with Crippen molar-refractivity contribution in [1.29, 1.82) is 0 Å². The third-order valence-electron chi connectivity index (χ3n) is 2.13. The predicted octanol–water partition coefficient (Wildman–Crippen LogP) is 4.30. The van der Waals surface area contributed by atoms with Crippen LogP contribution in [0.3, 0.4) is 0 Å². The van der Waals surface area contributed by atoms with E-state index in [0.717, 1.165) is 10.9 Å². The van der Waals surface area contributed by atoms with Crippen molar-refractivity contribution in [2.45, 2.75) is 41.5 Å². The molecule has 0 fully saturated rings. The van der Waals surface area contributed by atoms with Gasteiger partial charge in [0.05, 0.1) is 11.7 Å². The molecule has 0 unspecified atom stereocenters. The standard InChI is InChI=1S/C10H10N2.2C2H6/c1-7-5-9-3-4-11-12-10(9)6-8(7)2;2*1-2/h3-6H,1-2H3;2*1-2H3. The van der Waals surface area contributed by atoms with Crippen LogP contribution in [0.15, 0.2) is 24.4 Å². The van der Waals surface area contributed by atoms with Crippen molar-refractivity contribution in [1.82, 2.24) is 10.2 Å². The first kappa shape index (κ1) is 14.6. The number of nitrogens with zero attached hydrogens (tertiary/aromatic N) is 2. The minimum atomic E-state index is 0.973. The topological polar surface area (TPSA) is 25.8 Å². The Bertz CT molecular complexity index is 382. The second-order valence-electron chi connectivity index (χ2n) is 3.03. The summed E-state index contributed by atoms with van der Waals surface area (Å²) < 4.78 is 0. The molecule has 0 aliphatic heterocycles. The summed E-state index contributed by atoms with van der Waals surface area (Å²) in [5.41, 5.74) is 3.54. The highest BCUT2D eigenvalue weighted by Gasteiger charge is 1.97. The van der Waals surface area contributed by atoms with Crippen molar-refractivity contribution in [3.8, 4) is 0 Å². The molecule has 2 aromatic rings. The van der Waals surface area contributed by atoms with Gasteiger partial charge >= 0.3 is 0 Å². The van der Waals surface area contributed by atoms with Crippen molar-refractivity contribution in [3.05, 3.63) is 35.5 Å². The molecule has 0 amide bonds. The Morgan fingerprint density at radius 3 is 2.06 bits per heavy atom. The largest absolute Gasteiger partial charge is 0.159 e. The number of rotatable bonds is 0. The molecule has 0 N–H and O–H groups in total. The van der Waals surface area contributed by atoms with Gasteiger partial charge in [0.1, 0.15) is 0 Å². The van der Waals surface area contributed by atoms with E-state index in [-0.39, 0.29) is 0 Å². The Kier molecular flexibility index (Phi) is 7.10. The molecule has 0 atom stereocenters. The zero-order chi connectivity index (χ0) is 12.6. The van der Waals surface area contributed by atoms with Gasteiger partial charge in [-0.05, 0) is 43.2 Å². The fourth-order valence-corrected chi connectivity index (χ4v) is 1.25. The Hall–Kier alpha value is -1.44. The number of hydrogen-bond donors (Lipinski definition) is 0. The van der Waals surface area contributed by atoms with Crippen LogP contribution >= 0.6 is 0 Å². The highest BCUT2D eigenvalue weighted by Crippen LogP contribution is 2.15. The predicted molar refractivity (Wildman–Crippen MR) is 71.7 cm³/mol. The van der Waals surface area contributed by atoms with Gasteiger partial charge in [0.2, 0.25) is 0 Å². The van der Waals surface area contributed by atoms with E-state index in [0.29, 0.717) is 0 Å². The Labute approximate surface area is 98.7 Å². The zero-order valence-electron chi connectivity index (χ0n) is 11.2. The normalized spacial score (nSPS) is 8.62. The van der Waals surface area contributed by atoms with Crippen molar-refractivity contribution in [2.24, 2.45) is 0 Å². The first-order valence-corrected chi connectivity index (χ1v) is 5.96. The second kappa shape index (κ2) is 7.80. The smallest absolute Gasteiger partial charge is 0.0932 e. The summed E-state index contributed by atoms with van der Waals surface area (Å²) in [4.78, 5) is 0. The first-order valence-electron chi connectivity index (χ1n) is 5.96. The number of aryl methyl sites for hydroxylation is 2. The van der Waals surface area contributed by atoms with Crippen molar-refractivity contribution < 1.29 is 0 Å². The molecule has 2 heteroatoms. The summed E-state index contributed by atoms with van der Waals surface area (Å²) in [6.45, 7) is 12.2. The Balaban J connectivity index is 0.000000509. The molecular formula is C14H22N2. The van der Waals surface area contributed by atoms with Crippen LogP contribution < -0.4 is 0 Å². The van der Waals surface area contributed by atoms with E-state index in [2.05, 4.69) is 36.2 Å². The van der Waals surface area contributed by atoms with Crippen LogP contribution in [0.1, 0.15) is 38.8 Å². The van der Waals surface area contributed by atoms with E-state index < -0.39 is 0 Å². The molecule has 1 aromatic heterocycles. The summed E-state index contributed by atoms with van der Waals surface area (Å²) in [5.74, 6) is 0. The SMILES string of the molecule is CC.CC.Cc1cc2ccnnc2cc1C. The minimum Gasteiger partial charge on any atom is -0.159 e. The van der Waals surface area contributed by atoms with Gasteiger partial charge in [0.15, 0.2) is 0 Å². The molecule has 88 valence electrons. The molecule has 0 aliphatic rings. The van der Waals surface area contributed by atoms with E-state index in [1.807, 2.05) is 33.8 Å². The minimum absolute atomic E-state index is 0.973. The van der Waals surface area contributed by atoms with Gasteiger partial charge in [-0.3, -0.25) is 0 Å². The van der Waals surface area contributed by atoms with Crippen molar-refractivity contribution in [3.63, 3.8) is 0 Å². The van der Waals surface area contributed by atoms with E-state index in [4.69, 9.17) is 0 Å². The van der Waals surface area contributed by atoms with Crippen molar-refractivity contribution in [2.75, 3.05) is 0 Å². The van der Waals surface area contributed by atoms with Crippen molar-refractivity contribution >= 4 is 10.9 Å². The number of hydrogen-bond acceptors (Lipinski definition) is 2. The molecule has 0 radical (unpaired) electrons. The summed E-state index contributed by atoms with van der Waals surface area (Å²) in [6.07, 6.45) is 1.72. The van der Waals surface area contributed by atoms with E-state index in [1.54, 1.807) is 6.20 Å². The molecule has 16 heavy (non-hydrogen) atoms. The van der Waals surface area contributed by atoms with Crippen LogP contribution in [0.2, 0.25) is 0 Å². The quantitative estimate of drug-likeness (QED) is 0.659. The van der Waals surface area contributed by atoms with Crippen LogP contribution in [-0.2, 0) is 0 Å². The average Bonchev–Trinajstić information content (AvgIpc) is 2.36. The Morgan fingerprint density at radius 2 is 1.44 bits per heavy atom. The molecule has 0 bridgehead atoms. The number of benzene rings is 1. The number of fused-ring (bicyclic) bond motifs is 1. The van der Waals surface area contributed by atoms with Crippen LogP contribution in [0.25, 0.3) is 10.9 Å². The van der Waals surface area contributed by atoms with Crippen LogP contribution in [0, 0.1) is 13.8 Å². The van der Waals surface area contributed by atoms with E-state index >= 15 is 0 Å². The second-order valence-corrected chi connectivity index (χ2v) is 3.03. The molecule has 0 spiro atoms. The van der Waals surface area contributed by atoms with Gasteiger partial charge in [-0.1, -0.05) is 27.7 Å². The first-order chi connectivity index (χ1) is 7.77. The molecule has 1 aromatic carbocycles. The molecule has 0 aliphatic carbocycles. The van der Waals surface area contributed by atoms with Gasteiger partial charge in [0.25, 0.3) is 0 Å². The highest BCUT2D eigenvalue weighted by molar-refractivity contribution is 5.79. The lowest BCUT2D eigenvalue weighted by atomic mass is 10.1. The molecular weight excluding hydrogens is 196 g/mol. The highest BCUT2D eigenvalue weighted by atomic mass is 15.1. The van der Waals surface area contributed by atoms with Crippen LogP contribution in [-0.4, -0.2) is 10.2 Å². The monoisotopic (exact) mass is 218 g/mol. The van der Waals surface area contributed by atoms with Crippen LogP contribution in [0.4, 0.5) is 0 Å². The summed E-state index contributed by atoms with van der Waals surface area (Å²) in [6, 6.07) is 6.19. The van der Waals surface area contributed by atoms with E-state index in [1.165, 1.54) is 11.1 Å². The summed E-state index contributed by atoms with van der Waals surface area (Å²) in [5, 5.41) is 9.03. The molecule has 1 heterocycles. The molecule has 0 saturated carbocycles. The van der Waals surface area contributed by atoms with Crippen LogP contribution in [0.5, 0.6) is 0 Å². The Morgan fingerprint density at radius 1 is 0.875 bits per heavy atom. The third kappa shape index (κ3) is 3.61. The van der Waals surface area contributed by atoms with Gasteiger partial charge in [-0.15, -0.1) is 0 Å².